The number of phenols is 1. The van der Waals surface area contributed by atoms with Gasteiger partial charge in [-0.15, -0.1) is 5.10 Å². The van der Waals surface area contributed by atoms with Crippen LogP contribution in [0.25, 0.3) is 5.65 Å². The van der Waals surface area contributed by atoms with E-state index in [2.05, 4.69) is 10.1 Å². The number of nitrogens with zero attached hydrogens (tertiary/aromatic N) is 4. The summed E-state index contributed by atoms with van der Waals surface area (Å²) in [5.74, 6) is 3.02. The van der Waals surface area contributed by atoms with E-state index in [9.17, 15) is 5.11 Å². The van der Waals surface area contributed by atoms with Gasteiger partial charge in [-0.25, -0.2) is 14.5 Å². The summed E-state index contributed by atoms with van der Waals surface area (Å²) >= 11 is 0. The second kappa shape index (κ2) is 8.57. The van der Waals surface area contributed by atoms with Crippen LogP contribution in [0.3, 0.4) is 0 Å². The minimum absolute atomic E-state index is 0.125. The predicted molar refractivity (Wildman–Crippen MR) is 133 cm³/mol. The van der Waals surface area contributed by atoms with E-state index in [0.717, 1.165) is 39.3 Å². The van der Waals surface area contributed by atoms with Gasteiger partial charge in [0.05, 0.1) is 12.7 Å². The van der Waals surface area contributed by atoms with Crippen molar-refractivity contribution in [1.29, 1.82) is 0 Å². The van der Waals surface area contributed by atoms with Crippen molar-refractivity contribution in [3.63, 3.8) is 0 Å². The van der Waals surface area contributed by atoms with Crippen LogP contribution in [-0.4, -0.2) is 31.8 Å². The molecule has 0 unspecified atom stereocenters. The van der Waals surface area contributed by atoms with Crippen molar-refractivity contribution in [2.24, 2.45) is 0 Å². The second-order valence-corrected chi connectivity index (χ2v) is 8.80. The van der Waals surface area contributed by atoms with Crippen molar-refractivity contribution in [1.82, 2.24) is 19.6 Å². The molecule has 1 aliphatic rings. The average Bonchev–Trinajstić information content (AvgIpc) is 3.30. The van der Waals surface area contributed by atoms with Crippen LogP contribution in [0.4, 0.5) is 0 Å². The topological polar surface area (TPSA) is 91.0 Å². The van der Waals surface area contributed by atoms with Crippen LogP contribution in [0.5, 0.6) is 28.9 Å². The number of para-hydroxylation sites is 1. The highest BCUT2D eigenvalue weighted by molar-refractivity contribution is 5.66. The molecule has 36 heavy (non-hydrogen) atoms. The minimum Gasteiger partial charge on any atom is -0.508 e. The Kier molecular flexibility index (Phi) is 5.21. The quantitative estimate of drug-likeness (QED) is 0.357. The van der Waals surface area contributed by atoms with Gasteiger partial charge >= 0.3 is 0 Å². The third-order valence-electron chi connectivity index (χ3n) is 6.44. The van der Waals surface area contributed by atoms with E-state index in [1.165, 1.54) is 0 Å². The molecule has 8 heteroatoms. The third-order valence-corrected chi connectivity index (χ3v) is 6.44. The Labute approximate surface area is 207 Å². The summed E-state index contributed by atoms with van der Waals surface area (Å²) in [5.41, 5.74) is 5.47. The number of hydrogen-bond donors (Lipinski definition) is 1. The second-order valence-electron chi connectivity index (χ2n) is 8.80. The smallest absolute Gasteiger partial charge is 0.228 e. The fourth-order valence-corrected chi connectivity index (χ4v) is 4.71. The Bertz CT molecular complexity index is 1570. The largest absolute Gasteiger partial charge is 0.508 e. The number of fused-ring (bicyclic) bond motifs is 4. The Balaban J connectivity index is 1.45. The highest BCUT2D eigenvalue weighted by Crippen LogP contribution is 2.48. The summed E-state index contributed by atoms with van der Waals surface area (Å²) in [4.78, 5) is 9.37. The van der Waals surface area contributed by atoms with Gasteiger partial charge in [0.2, 0.25) is 5.88 Å². The number of aryl methyl sites for hydroxylation is 2. The molecule has 180 valence electrons. The summed E-state index contributed by atoms with van der Waals surface area (Å²) in [7, 11) is 1.64. The fourth-order valence-electron chi connectivity index (χ4n) is 4.71. The number of methoxy groups -OCH3 is 1. The van der Waals surface area contributed by atoms with E-state index in [1.807, 2.05) is 62.4 Å². The zero-order valence-corrected chi connectivity index (χ0v) is 20.1. The Morgan fingerprint density at radius 3 is 2.56 bits per heavy atom. The first-order valence-electron chi connectivity index (χ1n) is 11.6. The van der Waals surface area contributed by atoms with Crippen LogP contribution in [0.1, 0.15) is 39.6 Å². The average molecular weight is 481 g/mol. The molecule has 0 aliphatic carbocycles. The molecule has 0 spiro atoms. The number of benzene rings is 3. The molecule has 0 radical (unpaired) electrons. The number of aromatic hydroxyl groups is 1. The molecule has 0 bridgehead atoms. The van der Waals surface area contributed by atoms with Crippen LogP contribution in [-0.2, 0) is 6.61 Å². The standard InChI is InChI=1S/C28H24N4O4/c1-16-5-4-6-17(2)26(16)35-14-23-30-27-25-24(18-7-10-20(34-3)11-8-18)21-12-9-19(33)13-22(21)36-28(25)29-15-32(27)31-23/h4-13,15,24,33H,14H2,1-3H3/t24-/m0/s1. The van der Waals surface area contributed by atoms with Crippen molar-refractivity contribution in [2.45, 2.75) is 26.4 Å². The SMILES string of the molecule is COc1ccc([C@H]2c3ccc(O)cc3Oc3ncn4nc(COc5c(C)cccc5C)nc4c32)cc1. The zero-order valence-electron chi connectivity index (χ0n) is 20.1. The highest BCUT2D eigenvalue weighted by Gasteiger charge is 2.33. The molecule has 0 amide bonds. The summed E-state index contributed by atoms with van der Waals surface area (Å²) in [5, 5.41) is 14.7. The first-order chi connectivity index (χ1) is 17.5. The molecule has 1 atom stereocenters. The van der Waals surface area contributed by atoms with Gasteiger partial charge in [-0.3, -0.25) is 0 Å². The van der Waals surface area contributed by atoms with Gasteiger partial charge in [0, 0.05) is 17.5 Å². The van der Waals surface area contributed by atoms with Crippen molar-refractivity contribution in [3.05, 3.63) is 101 Å². The molecular formula is C28H24N4O4. The lowest BCUT2D eigenvalue weighted by Gasteiger charge is -2.28. The summed E-state index contributed by atoms with van der Waals surface area (Å²) in [6, 6.07) is 19.1. The maximum absolute atomic E-state index is 10.1. The summed E-state index contributed by atoms with van der Waals surface area (Å²) in [6.07, 6.45) is 1.59. The summed E-state index contributed by atoms with van der Waals surface area (Å²) < 4.78 is 19.2. The van der Waals surface area contributed by atoms with E-state index in [0.29, 0.717) is 23.1 Å². The van der Waals surface area contributed by atoms with Gasteiger partial charge in [-0.05, 0) is 48.7 Å². The number of rotatable bonds is 5. The van der Waals surface area contributed by atoms with Crippen molar-refractivity contribution in [2.75, 3.05) is 7.11 Å². The summed E-state index contributed by atoms with van der Waals surface area (Å²) in [6.45, 7) is 4.26. The third kappa shape index (κ3) is 3.67. The fraction of sp³-hybridized carbons (Fsp3) is 0.179. The van der Waals surface area contributed by atoms with Crippen molar-refractivity contribution < 1.29 is 19.3 Å². The molecule has 3 heterocycles. The van der Waals surface area contributed by atoms with Crippen LogP contribution in [0.15, 0.2) is 67.0 Å². The molecule has 0 saturated carbocycles. The lowest BCUT2D eigenvalue weighted by atomic mass is 9.84. The van der Waals surface area contributed by atoms with Gasteiger partial charge < -0.3 is 19.3 Å². The van der Waals surface area contributed by atoms with E-state index < -0.39 is 0 Å². The van der Waals surface area contributed by atoms with Crippen molar-refractivity contribution in [3.8, 4) is 28.9 Å². The molecule has 8 nitrogen and oxygen atoms in total. The Morgan fingerprint density at radius 2 is 1.81 bits per heavy atom. The number of phenolic OH excluding ortho intramolecular Hbond substituents is 1. The van der Waals surface area contributed by atoms with E-state index in [4.69, 9.17) is 19.2 Å². The Morgan fingerprint density at radius 1 is 1.03 bits per heavy atom. The highest BCUT2D eigenvalue weighted by atomic mass is 16.5. The van der Waals surface area contributed by atoms with Crippen LogP contribution >= 0.6 is 0 Å². The monoisotopic (exact) mass is 480 g/mol. The molecule has 6 rings (SSSR count). The van der Waals surface area contributed by atoms with Gasteiger partial charge in [0.15, 0.2) is 11.5 Å². The van der Waals surface area contributed by atoms with Gasteiger partial charge in [-0.1, -0.05) is 36.4 Å². The molecule has 0 saturated heterocycles. The normalized spacial score (nSPS) is 14.1. The molecule has 3 aromatic carbocycles. The maximum Gasteiger partial charge on any atom is 0.228 e. The van der Waals surface area contributed by atoms with E-state index in [-0.39, 0.29) is 18.3 Å². The molecule has 5 aromatic rings. The first kappa shape index (κ1) is 21.9. The molecule has 0 fully saturated rings. The minimum atomic E-state index is -0.233. The van der Waals surface area contributed by atoms with Crippen molar-refractivity contribution >= 4 is 5.65 Å². The molecule has 2 aromatic heterocycles. The van der Waals surface area contributed by atoms with E-state index in [1.54, 1.807) is 30.1 Å². The molecule has 1 N–H and O–H groups in total. The molecule has 1 aliphatic heterocycles. The number of ether oxygens (including phenoxy) is 3. The lowest BCUT2D eigenvalue weighted by Crippen LogP contribution is -2.15. The maximum atomic E-state index is 10.1. The van der Waals surface area contributed by atoms with Gasteiger partial charge in [-0.2, -0.15) is 0 Å². The van der Waals surface area contributed by atoms with Crippen LogP contribution in [0, 0.1) is 13.8 Å². The lowest BCUT2D eigenvalue weighted by molar-refractivity contribution is 0.292. The first-order valence-corrected chi connectivity index (χ1v) is 11.6. The van der Waals surface area contributed by atoms with Crippen LogP contribution in [0.2, 0.25) is 0 Å². The van der Waals surface area contributed by atoms with E-state index >= 15 is 0 Å². The van der Waals surface area contributed by atoms with Gasteiger partial charge in [0.1, 0.15) is 35.9 Å². The Hall–Kier alpha value is -4.59. The predicted octanol–water partition coefficient (Wildman–Crippen LogP) is 5.32. The zero-order chi connectivity index (χ0) is 24.8. The van der Waals surface area contributed by atoms with Gasteiger partial charge in [0.25, 0.3) is 0 Å². The number of hydrogen-bond acceptors (Lipinski definition) is 7. The number of aromatic nitrogens is 4. The molecular weight excluding hydrogens is 456 g/mol. The van der Waals surface area contributed by atoms with Crippen LogP contribution < -0.4 is 14.2 Å².